The van der Waals surface area contributed by atoms with Crippen molar-refractivity contribution in [2.45, 2.75) is 19.9 Å². The average molecular weight is 429 g/mol. The number of nitrogens with zero attached hydrogens (tertiary/aromatic N) is 2. The Bertz CT molecular complexity index is 1210. The minimum absolute atomic E-state index is 0.626. The van der Waals surface area contributed by atoms with E-state index in [1.54, 1.807) is 21.3 Å². The first-order valence-corrected chi connectivity index (χ1v) is 10.7. The summed E-state index contributed by atoms with van der Waals surface area (Å²) in [6, 6.07) is 24.3. The molecule has 0 amide bonds. The lowest BCUT2D eigenvalue weighted by molar-refractivity contribution is 0.414. The highest BCUT2D eigenvalue weighted by Crippen LogP contribution is 2.35. The van der Waals surface area contributed by atoms with E-state index in [2.05, 4.69) is 35.9 Å². The molecule has 3 aromatic carbocycles. The Kier molecular flexibility index (Phi) is 6.45. The van der Waals surface area contributed by atoms with Gasteiger partial charge in [0.2, 0.25) is 0 Å². The SMILES string of the molecule is CCc1c(-c2cccc(OC)c2)nn(Cc2cccc(OC)c2)c1-c1cccc(OC)c1. The summed E-state index contributed by atoms with van der Waals surface area (Å²) in [7, 11) is 5.06. The van der Waals surface area contributed by atoms with Gasteiger partial charge in [-0.05, 0) is 48.4 Å². The number of rotatable bonds is 8. The largest absolute Gasteiger partial charge is 0.497 e. The summed E-state index contributed by atoms with van der Waals surface area (Å²) in [6.07, 6.45) is 0.844. The molecule has 0 radical (unpaired) electrons. The molecule has 4 rings (SSSR count). The quantitative estimate of drug-likeness (QED) is 0.353. The van der Waals surface area contributed by atoms with Crippen LogP contribution in [-0.4, -0.2) is 31.1 Å². The topological polar surface area (TPSA) is 45.5 Å². The predicted octanol–water partition coefficient (Wildman–Crippen LogP) is 5.85. The van der Waals surface area contributed by atoms with E-state index in [1.165, 1.54) is 5.56 Å². The first-order valence-electron chi connectivity index (χ1n) is 10.7. The molecular formula is C27H28N2O3. The van der Waals surface area contributed by atoms with E-state index < -0.39 is 0 Å². The molecule has 0 saturated heterocycles. The van der Waals surface area contributed by atoms with Crippen molar-refractivity contribution in [2.75, 3.05) is 21.3 Å². The summed E-state index contributed by atoms with van der Waals surface area (Å²) in [5.74, 6) is 2.47. The smallest absolute Gasteiger partial charge is 0.119 e. The highest BCUT2D eigenvalue weighted by Gasteiger charge is 2.20. The molecule has 0 unspecified atom stereocenters. The van der Waals surface area contributed by atoms with Gasteiger partial charge in [0.15, 0.2) is 0 Å². The molecule has 0 bridgehead atoms. The molecular weight excluding hydrogens is 400 g/mol. The third kappa shape index (κ3) is 4.33. The molecule has 0 spiro atoms. The van der Waals surface area contributed by atoms with Gasteiger partial charge in [-0.1, -0.05) is 43.3 Å². The highest BCUT2D eigenvalue weighted by atomic mass is 16.5. The van der Waals surface area contributed by atoms with Crippen LogP contribution in [0.15, 0.2) is 72.8 Å². The minimum Gasteiger partial charge on any atom is -0.497 e. The van der Waals surface area contributed by atoms with Crippen LogP contribution >= 0.6 is 0 Å². The van der Waals surface area contributed by atoms with E-state index in [9.17, 15) is 0 Å². The summed E-state index contributed by atoms with van der Waals surface area (Å²) in [5.41, 5.74) is 6.48. The molecule has 0 aliphatic carbocycles. The maximum Gasteiger partial charge on any atom is 0.119 e. The Hall–Kier alpha value is -3.73. The lowest BCUT2D eigenvalue weighted by atomic mass is 9.99. The standard InChI is InChI=1S/C27H28N2O3/c1-5-25-26(20-10-7-13-23(16-20)31-3)28-29(18-19-9-6-12-22(15-19)30-2)27(25)21-11-8-14-24(17-21)32-4/h6-17H,5,18H2,1-4H3. The third-order valence-corrected chi connectivity index (χ3v) is 5.56. The summed E-state index contributed by atoms with van der Waals surface area (Å²) < 4.78 is 18.5. The van der Waals surface area contributed by atoms with Crippen LogP contribution in [0.4, 0.5) is 0 Å². The molecule has 0 fully saturated rings. The van der Waals surface area contributed by atoms with Crippen molar-refractivity contribution in [2.24, 2.45) is 0 Å². The zero-order valence-corrected chi connectivity index (χ0v) is 19.0. The van der Waals surface area contributed by atoms with Crippen LogP contribution in [0.2, 0.25) is 0 Å². The summed E-state index contributed by atoms with van der Waals surface area (Å²) in [6.45, 7) is 2.79. The highest BCUT2D eigenvalue weighted by molar-refractivity contribution is 5.76. The van der Waals surface area contributed by atoms with Crippen molar-refractivity contribution >= 4 is 0 Å². The van der Waals surface area contributed by atoms with Gasteiger partial charge in [-0.3, -0.25) is 4.68 Å². The van der Waals surface area contributed by atoms with Gasteiger partial charge in [-0.25, -0.2) is 0 Å². The summed E-state index contributed by atoms with van der Waals surface area (Å²) in [4.78, 5) is 0. The third-order valence-electron chi connectivity index (χ3n) is 5.56. The Morgan fingerprint density at radius 3 is 1.91 bits per heavy atom. The van der Waals surface area contributed by atoms with Gasteiger partial charge in [0, 0.05) is 16.7 Å². The second kappa shape index (κ2) is 9.60. The Morgan fingerprint density at radius 1 is 0.719 bits per heavy atom. The predicted molar refractivity (Wildman–Crippen MR) is 128 cm³/mol. The van der Waals surface area contributed by atoms with Crippen LogP contribution in [0, 0.1) is 0 Å². The molecule has 1 heterocycles. The van der Waals surface area contributed by atoms with Gasteiger partial charge in [0.1, 0.15) is 17.2 Å². The van der Waals surface area contributed by atoms with E-state index in [-0.39, 0.29) is 0 Å². The van der Waals surface area contributed by atoms with Crippen molar-refractivity contribution < 1.29 is 14.2 Å². The van der Waals surface area contributed by atoms with Gasteiger partial charge in [0.25, 0.3) is 0 Å². The van der Waals surface area contributed by atoms with Crippen LogP contribution in [0.25, 0.3) is 22.5 Å². The summed E-state index contributed by atoms with van der Waals surface area (Å²) >= 11 is 0. The number of benzene rings is 3. The fourth-order valence-corrected chi connectivity index (χ4v) is 3.99. The molecule has 5 heteroatoms. The number of hydrogen-bond acceptors (Lipinski definition) is 4. The van der Waals surface area contributed by atoms with Crippen LogP contribution in [0.1, 0.15) is 18.1 Å². The molecule has 4 aromatic rings. The molecule has 164 valence electrons. The van der Waals surface area contributed by atoms with Gasteiger partial charge < -0.3 is 14.2 Å². The Balaban J connectivity index is 1.90. The van der Waals surface area contributed by atoms with Gasteiger partial charge in [-0.2, -0.15) is 5.10 Å². The van der Waals surface area contributed by atoms with Crippen molar-refractivity contribution in [3.05, 3.63) is 83.9 Å². The van der Waals surface area contributed by atoms with Crippen molar-refractivity contribution in [3.8, 4) is 39.8 Å². The number of methoxy groups -OCH3 is 3. The fraction of sp³-hybridized carbons (Fsp3) is 0.222. The Morgan fingerprint density at radius 2 is 1.28 bits per heavy atom. The van der Waals surface area contributed by atoms with Crippen molar-refractivity contribution in [1.82, 2.24) is 9.78 Å². The lowest BCUT2D eigenvalue weighted by Gasteiger charge is -2.12. The van der Waals surface area contributed by atoms with E-state index >= 15 is 0 Å². The first-order chi connectivity index (χ1) is 15.7. The number of hydrogen-bond donors (Lipinski definition) is 0. The first kappa shape index (κ1) is 21.5. The van der Waals surface area contributed by atoms with Crippen LogP contribution in [-0.2, 0) is 13.0 Å². The second-order valence-electron chi connectivity index (χ2n) is 7.50. The van der Waals surface area contributed by atoms with Crippen LogP contribution in [0.3, 0.4) is 0 Å². The maximum atomic E-state index is 5.50. The number of ether oxygens (including phenoxy) is 3. The molecule has 0 saturated carbocycles. The van der Waals surface area contributed by atoms with Gasteiger partial charge >= 0.3 is 0 Å². The molecule has 1 aromatic heterocycles. The molecule has 0 atom stereocenters. The monoisotopic (exact) mass is 428 g/mol. The van der Waals surface area contributed by atoms with E-state index in [1.807, 2.05) is 48.5 Å². The van der Waals surface area contributed by atoms with E-state index in [4.69, 9.17) is 19.3 Å². The second-order valence-corrected chi connectivity index (χ2v) is 7.50. The summed E-state index contributed by atoms with van der Waals surface area (Å²) in [5, 5.41) is 5.09. The average Bonchev–Trinajstić information content (AvgIpc) is 3.22. The molecule has 0 N–H and O–H groups in total. The van der Waals surface area contributed by atoms with Crippen molar-refractivity contribution in [1.29, 1.82) is 0 Å². The normalized spacial score (nSPS) is 10.8. The van der Waals surface area contributed by atoms with Gasteiger partial charge in [0.05, 0.1) is 39.3 Å². The number of aromatic nitrogens is 2. The molecule has 0 aliphatic rings. The minimum atomic E-state index is 0.626. The lowest BCUT2D eigenvalue weighted by Crippen LogP contribution is -2.05. The maximum absolute atomic E-state index is 5.50. The fourth-order valence-electron chi connectivity index (χ4n) is 3.99. The van der Waals surface area contributed by atoms with Crippen molar-refractivity contribution in [3.63, 3.8) is 0 Å². The Labute approximate surface area is 189 Å². The zero-order chi connectivity index (χ0) is 22.5. The van der Waals surface area contributed by atoms with Gasteiger partial charge in [-0.15, -0.1) is 0 Å². The molecule has 0 aliphatic heterocycles. The molecule has 5 nitrogen and oxygen atoms in total. The van der Waals surface area contributed by atoms with Crippen LogP contribution in [0.5, 0.6) is 17.2 Å². The van der Waals surface area contributed by atoms with E-state index in [0.717, 1.165) is 51.7 Å². The zero-order valence-electron chi connectivity index (χ0n) is 19.0. The molecule has 32 heavy (non-hydrogen) atoms. The van der Waals surface area contributed by atoms with Crippen LogP contribution < -0.4 is 14.2 Å². The van der Waals surface area contributed by atoms with E-state index in [0.29, 0.717) is 6.54 Å².